The van der Waals surface area contributed by atoms with Gasteiger partial charge in [0.05, 0.1) is 25.2 Å². The summed E-state index contributed by atoms with van der Waals surface area (Å²) in [4.78, 5) is 25.6. The van der Waals surface area contributed by atoms with Crippen molar-refractivity contribution in [1.82, 2.24) is 0 Å². The third-order valence-electron chi connectivity index (χ3n) is 7.07. The maximum atomic E-state index is 12.9. The zero-order chi connectivity index (χ0) is 30.9. The van der Waals surface area contributed by atoms with Gasteiger partial charge in [-0.15, -0.1) is 0 Å². The molecule has 0 atom stereocenters. The van der Waals surface area contributed by atoms with Crippen LogP contribution in [-0.2, 0) is 18.0 Å². The van der Waals surface area contributed by atoms with Gasteiger partial charge in [0.25, 0.3) is 0 Å². The van der Waals surface area contributed by atoms with Gasteiger partial charge < -0.3 is 28.4 Å². The summed E-state index contributed by atoms with van der Waals surface area (Å²) >= 11 is 0. The molecule has 0 amide bonds. The smallest absolute Gasteiger partial charge is 0.188 e. The van der Waals surface area contributed by atoms with Crippen molar-refractivity contribution in [2.45, 2.75) is 13.2 Å². The molecule has 8 heteroatoms. The van der Waals surface area contributed by atoms with Crippen molar-refractivity contribution in [3.63, 3.8) is 0 Å². The van der Waals surface area contributed by atoms with E-state index in [9.17, 15) is 9.59 Å². The van der Waals surface area contributed by atoms with E-state index in [1.54, 1.807) is 12.1 Å². The molecule has 44 heavy (non-hydrogen) atoms. The monoisotopic (exact) mass is 592 g/mol. The number of ether oxygens (including phenoxy) is 6. The van der Waals surface area contributed by atoms with Gasteiger partial charge in [0.1, 0.15) is 42.0 Å². The van der Waals surface area contributed by atoms with Crippen molar-refractivity contribution in [2.24, 2.45) is 0 Å². The Morgan fingerprint density at radius 3 is 1.82 bits per heavy atom. The second kappa shape index (κ2) is 14.2. The van der Waals surface area contributed by atoms with Gasteiger partial charge in [0, 0.05) is 35.3 Å². The summed E-state index contributed by atoms with van der Waals surface area (Å²) in [6.07, 6.45) is 1.38. The van der Waals surface area contributed by atoms with Gasteiger partial charge in [-0.25, -0.2) is 0 Å². The van der Waals surface area contributed by atoms with Crippen molar-refractivity contribution in [3.05, 3.63) is 113 Å². The lowest BCUT2D eigenvalue weighted by molar-refractivity contribution is 0.0508. The highest BCUT2D eigenvalue weighted by Crippen LogP contribution is 2.51. The number of carbonyl (C=O) groups is 2. The van der Waals surface area contributed by atoms with Gasteiger partial charge in [0.15, 0.2) is 19.4 Å². The minimum absolute atomic E-state index is 0.0335. The highest BCUT2D eigenvalue weighted by molar-refractivity contribution is 6.12. The molecule has 0 spiro atoms. The average molecular weight is 593 g/mol. The van der Waals surface area contributed by atoms with Crippen LogP contribution in [-0.4, -0.2) is 40.7 Å². The van der Waals surface area contributed by atoms with E-state index in [-0.39, 0.29) is 30.3 Å². The molecule has 0 saturated carbocycles. The third-order valence-corrected chi connectivity index (χ3v) is 7.07. The summed E-state index contributed by atoms with van der Waals surface area (Å²) in [5.41, 5.74) is 2.99. The first-order valence-electron chi connectivity index (χ1n) is 13.9. The van der Waals surface area contributed by atoms with E-state index in [1.165, 1.54) is 21.3 Å². The van der Waals surface area contributed by atoms with E-state index in [1.807, 2.05) is 78.9 Å². The Bertz CT molecular complexity index is 1750. The number of benzene rings is 5. The molecule has 0 fully saturated rings. The second-order valence-corrected chi connectivity index (χ2v) is 9.75. The molecule has 8 nitrogen and oxygen atoms in total. The SMILES string of the molecule is COCOc1cc(C=O)c(-c2c(C=O)c(OC)c3c(OCc4ccccc4)cccc3c2OC)c(OCc2ccccc2)c1. The van der Waals surface area contributed by atoms with Gasteiger partial charge in [0.2, 0.25) is 0 Å². The van der Waals surface area contributed by atoms with Gasteiger partial charge in [-0.2, -0.15) is 0 Å². The molecule has 0 unspecified atom stereocenters. The molecule has 0 radical (unpaired) electrons. The van der Waals surface area contributed by atoms with Crippen molar-refractivity contribution >= 4 is 23.3 Å². The van der Waals surface area contributed by atoms with Crippen LogP contribution in [0.15, 0.2) is 91.0 Å². The number of methoxy groups -OCH3 is 3. The molecule has 5 rings (SSSR count). The van der Waals surface area contributed by atoms with E-state index in [2.05, 4.69) is 0 Å². The topological polar surface area (TPSA) is 89.5 Å². The molecular weight excluding hydrogens is 560 g/mol. The van der Waals surface area contributed by atoms with Crippen molar-refractivity contribution in [2.75, 3.05) is 28.1 Å². The number of carbonyl (C=O) groups excluding carboxylic acids is 2. The zero-order valence-corrected chi connectivity index (χ0v) is 24.7. The van der Waals surface area contributed by atoms with E-state index >= 15 is 0 Å². The number of aldehydes is 2. The molecule has 0 saturated heterocycles. The number of rotatable bonds is 14. The fourth-order valence-corrected chi connectivity index (χ4v) is 5.13. The highest BCUT2D eigenvalue weighted by Gasteiger charge is 2.28. The van der Waals surface area contributed by atoms with Gasteiger partial charge >= 0.3 is 0 Å². The van der Waals surface area contributed by atoms with Gasteiger partial charge in [-0.1, -0.05) is 72.8 Å². The Labute approximate surface area is 255 Å². The molecule has 0 heterocycles. The van der Waals surface area contributed by atoms with Crippen LogP contribution < -0.4 is 23.7 Å². The Hall–Kier alpha value is -5.34. The van der Waals surface area contributed by atoms with Gasteiger partial charge in [-0.05, 0) is 23.3 Å². The minimum Gasteiger partial charge on any atom is -0.495 e. The van der Waals surface area contributed by atoms with E-state index in [0.717, 1.165) is 11.1 Å². The molecule has 224 valence electrons. The lowest BCUT2D eigenvalue weighted by Crippen LogP contribution is -2.07. The minimum atomic E-state index is -0.0335. The molecule has 5 aromatic rings. The first-order chi connectivity index (χ1) is 21.6. The van der Waals surface area contributed by atoms with Crippen molar-refractivity contribution < 1.29 is 38.0 Å². The first kappa shape index (κ1) is 30.1. The predicted octanol–water partition coefficient (Wildman–Crippen LogP) is 7.29. The molecule has 5 aromatic carbocycles. The molecule has 0 aliphatic heterocycles. The van der Waals surface area contributed by atoms with Crippen molar-refractivity contribution in [3.8, 4) is 39.9 Å². The van der Waals surface area contributed by atoms with Crippen LogP contribution in [0, 0.1) is 0 Å². The zero-order valence-electron chi connectivity index (χ0n) is 24.7. The number of fused-ring (bicyclic) bond motifs is 1. The fraction of sp³-hybridized carbons (Fsp3) is 0.167. The molecule has 0 aliphatic rings. The maximum Gasteiger partial charge on any atom is 0.188 e. The molecule has 0 bridgehead atoms. The van der Waals surface area contributed by atoms with E-state index < -0.39 is 0 Å². The third kappa shape index (κ3) is 6.21. The van der Waals surface area contributed by atoms with Crippen LogP contribution >= 0.6 is 0 Å². The lowest BCUT2D eigenvalue weighted by Gasteiger charge is -2.23. The largest absolute Gasteiger partial charge is 0.495 e. The van der Waals surface area contributed by atoms with Crippen LogP contribution in [0.25, 0.3) is 21.9 Å². The summed E-state index contributed by atoms with van der Waals surface area (Å²) < 4.78 is 35.2. The summed E-state index contributed by atoms with van der Waals surface area (Å²) in [5.74, 6) is 1.81. The summed E-state index contributed by atoms with van der Waals surface area (Å²) in [5, 5.41) is 1.19. The van der Waals surface area contributed by atoms with Crippen LogP contribution in [0.5, 0.6) is 28.7 Å². The predicted molar refractivity (Wildman–Crippen MR) is 167 cm³/mol. The van der Waals surface area contributed by atoms with Crippen LogP contribution in [0.1, 0.15) is 31.8 Å². The molecule has 0 aromatic heterocycles. The Morgan fingerprint density at radius 2 is 1.25 bits per heavy atom. The van der Waals surface area contributed by atoms with E-state index in [0.29, 0.717) is 64.1 Å². The first-order valence-corrected chi connectivity index (χ1v) is 13.9. The van der Waals surface area contributed by atoms with Crippen LogP contribution in [0.3, 0.4) is 0 Å². The Balaban J connectivity index is 1.75. The van der Waals surface area contributed by atoms with E-state index in [4.69, 9.17) is 28.4 Å². The molecule has 0 aliphatic carbocycles. The van der Waals surface area contributed by atoms with Crippen LogP contribution in [0.4, 0.5) is 0 Å². The highest BCUT2D eigenvalue weighted by atomic mass is 16.7. The molecular formula is C36H32O8. The second-order valence-electron chi connectivity index (χ2n) is 9.75. The quantitative estimate of drug-likeness (QED) is 0.0981. The summed E-state index contributed by atoms with van der Waals surface area (Å²) in [6, 6.07) is 28.1. The Kier molecular flexibility index (Phi) is 9.74. The fourth-order valence-electron chi connectivity index (χ4n) is 5.13. The summed E-state index contributed by atoms with van der Waals surface area (Å²) in [6.45, 7) is 0.467. The lowest BCUT2D eigenvalue weighted by atomic mass is 9.89. The number of hydrogen-bond acceptors (Lipinski definition) is 8. The average Bonchev–Trinajstić information content (AvgIpc) is 3.08. The van der Waals surface area contributed by atoms with Crippen molar-refractivity contribution in [1.29, 1.82) is 0 Å². The summed E-state index contributed by atoms with van der Waals surface area (Å²) in [7, 11) is 4.50. The maximum absolute atomic E-state index is 12.9. The Morgan fingerprint density at radius 1 is 0.614 bits per heavy atom. The van der Waals surface area contributed by atoms with Crippen LogP contribution in [0.2, 0.25) is 0 Å². The number of hydrogen-bond donors (Lipinski definition) is 0. The standard InChI is InChI=1S/C36H32O8/c1-39-23-44-27-17-26(19-37)32(31(18-27)43-22-25-13-8-5-9-14-25)34-29(20-38)36(41-3)33-28(35(34)40-2)15-10-16-30(33)42-21-24-11-6-4-7-12-24/h4-20H,21-23H2,1-3H3. The van der Waals surface area contributed by atoms with Gasteiger partial charge in [-0.3, -0.25) is 9.59 Å². The molecule has 0 N–H and O–H groups in total. The normalized spacial score (nSPS) is 10.7.